The van der Waals surface area contributed by atoms with E-state index in [-0.39, 0.29) is 40.1 Å². The van der Waals surface area contributed by atoms with Gasteiger partial charge in [0.05, 0.1) is 11.4 Å². The van der Waals surface area contributed by atoms with Crippen LogP contribution in [0.15, 0.2) is 58.4 Å². The molecule has 3 rings (SSSR count). The van der Waals surface area contributed by atoms with Crippen molar-refractivity contribution in [2.45, 2.75) is 36.6 Å². The molecule has 0 aliphatic heterocycles. The van der Waals surface area contributed by atoms with Crippen molar-refractivity contribution in [3.05, 3.63) is 65.5 Å². The topological polar surface area (TPSA) is 82.6 Å². The molecule has 2 aromatic rings. The largest absolute Gasteiger partial charge is 0.357 e. The molecule has 0 saturated heterocycles. The van der Waals surface area contributed by atoms with Gasteiger partial charge in [-0.3, -0.25) is 0 Å². The number of nitrogens with one attached hydrogen (secondary N) is 3. The van der Waals surface area contributed by atoms with Crippen molar-refractivity contribution in [1.82, 2.24) is 15.4 Å². The maximum absolute atomic E-state index is 14.2. The second-order valence-corrected chi connectivity index (χ2v) is 9.05. The molecule has 0 bridgehead atoms. The van der Waals surface area contributed by atoms with Crippen molar-refractivity contribution in [2.24, 2.45) is 4.99 Å². The van der Waals surface area contributed by atoms with Crippen molar-refractivity contribution < 1.29 is 12.8 Å². The molecule has 164 valence electrons. The number of halogens is 2. The number of hydrogen-bond acceptors (Lipinski definition) is 3. The summed E-state index contributed by atoms with van der Waals surface area (Å²) in [6.07, 6.45) is 1.87. The van der Waals surface area contributed by atoms with Gasteiger partial charge in [-0.25, -0.2) is 22.5 Å². The Bertz CT molecular complexity index is 994. The van der Waals surface area contributed by atoms with Crippen molar-refractivity contribution in [3.8, 4) is 0 Å². The number of rotatable bonds is 8. The molecule has 0 atom stereocenters. The third-order valence-electron chi connectivity index (χ3n) is 5.13. The van der Waals surface area contributed by atoms with Gasteiger partial charge in [0.25, 0.3) is 0 Å². The molecule has 3 N–H and O–H groups in total. The lowest BCUT2D eigenvalue weighted by Crippen LogP contribution is -2.41. The van der Waals surface area contributed by atoms with Crippen LogP contribution in [-0.2, 0) is 22.0 Å². The minimum atomic E-state index is -3.49. The van der Waals surface area contributed by atoms with E-state index < -0.39 is 10.0 Å². The molecule has 0 unspecified atom stereocenters. The quantitative estimate of drug-likeness (QED) is 0.270. The summed E-state index contributed by atoms with van der Waals surface area (Å²) in [5, 5.41) is 6.51. The van der Waals surface area contributed by atoms with E-state index in [9.17, 15) is 12.8 Å². The third-order valence-corrected chi connectivity index (χ3v) is 6.55. The molecule has 6 nitrogen and oxygen atoms in total. The number of nitrogens with zero attached hydrogens (tertiary/aromatic N) is 1. The number of hydrogen-bond donors (Lipinski definition) is 3. The molecule has 0 spiro atoms. The van der Waals surface area contributed by atoms with Crippen molar-refractivity contribution in [1.29, 1.82) is 0 Å². The first-order valence-corrected chi connectivity index (χ1v) is 11.2. The predicted octanol–water partition coefficient (Wildman–Crippen LogP) is 3.14. The maximum atomic E-state index is 14.2. The first kappa shape index (κ1) is 24.5. The highest BCUT2D eigenvalue weighted by Gasteiger charge is 2.45. The fourth-order valence-corrected chi connectivity index (χ4v) is 4.08. The van der Waals surface area contributed by atoms with Crippen LogP contribution in [0.5, 0.6) is 0 Å². The van der Waals surface area contributed by atoms with Gasteiger partial charge in [0, 0.05) is 18.5 Å². The Hall–Kier alpha value is -1.72. The third kappa shape index (κ3) is 5.92. The molecular weight excluding hydrogens is 518 g/mol. The number of sulfonamides is 1. The zero-order valence-electron chi connectivity index (χ0n) is 17.1. The van der Waals surface area contributed by atoms with E-state index in [1.54, 1.807) is 24.3 Å². The first-order valence-electron chi connectivity index (χ1n) is 9.70. The van der Waals surface area contributed by atoms with Gasteiger partial charge in [-0.2, -0.15) is 0 Å². The summed E-state index contributed by atoms with van der Waals surface area (Å²) in [4.78, 5) is 4.78. The number of benzene rings is 2. The summed E-state index contributed by atoms with van der Waals surface area (Å²) in [5.74, 6) is 0.452. The van der Waals surface area contributed by atoms with Gasteiger partial charge in [-0.1, -0.05) is 30.3 Å². The Labute approximate surface area is 194 Å². The fourth-order valence-electron chi connectivity index (χ4n) is 3.28. The summed E-state index contributed by atoms with van der Waals surface area (Å²) >= 11 is 0. The summed E-state index contributed by atoms with van der Waals surface area (Å²) in [6, 6.07) is 13.6. The highest BCUT2D eigenvalue weighted by molar-refractivity contribution is 14.0. The lowest BCUT2D eigenvalue weighted by molar-refractivity contribution is 0.559. The van der Waals surface area contributed by atoms with Crippen LogP contribution >= 0.6 is 24.0 Å². The van der Waals surface area contributed by atoms with Crippen LogP contribution in [0, 0.1) is 5.82 Å². The second-order valence-electron chi connectivity index (χ2n) is 7.16. The molecule has 30 heavy (non-hydrogen) atoms. The van der Waals surface area contributed by atoms with E-state index in [0.717, 1.165) is 24.0 Å². The second kappa shape index (κ2) is 10.5. The van der Waals surface area contributed by atoms with E-state index in [1.165, 1.54) is 13.1 Å². The highest BCUT2D eigenvalue weighted by Crippen LogP contribution is 2.48. The summed E-state index contributed by atoms with van der Waals surface area (Å²) in [5.41, 5.74) is 1.34. The first-order chi connectivity index (χ1) is 13.9. The fraction of sp³-hybridized carbons (Fsp3) is 0.381. The normalized spacial score (nSPS) is 15.2. The van der Waals surface area contributed by atoms with Crippen LogP contribution in [0.2, 0.25) is 0 Å². The SMILES string of the molecule is CCNC(=NCc1cccc(S(=O)(=O)NC)c1)NCC1(c2ccccc2F)CC1.I. The summed E-state index contributed by atoms with van der Waals surface area (Å²) in [7, 11) is -2.11. The van der Waals surface area contributed by atoms with Crippen molar-refractivity contribution in [3.63, 3.8) is 0 Å². The molecule has 1 aliphatic carbocycles. The zero-order chi connectivity index (χ0) is 20.9. The van der Waals surface area contributed by atoms with E-state index in [0.29, 0.717) is 25.6 Å². The average molecular weight is 546 g/mol. The van der Waals surface area contributed by atoms with Crippen LogP contribution < -0.4 is 15.4 Å². The minimum Gasteiger partial charge on any atom is -0.357 e. The standard InChI is InChI=1S/C21H27FN4O2S.HI/c1-3-24-20(25-14-16-7-6-8-17(13-16)29(27,28)23-2)26-15-21(11-12-21)18-9-4-5-10-19(18)22;/h4-10,13,23H,3,11-12,14-15H2,1-2H3,(H2,24,25,26);1H. The van der Waals surface area contributed by atoms with Crippen LogP contribution in [0.3, 0.4) is 0 Å². The van der Waals surface area contributed by atoms with Gasteiger partial charge in [-0.15, -0.1) is 24.0 Å². The van der Waals surface area contributed by atoms with Gasteiger partial charge in [0.2, 0.25) is 10.0 Å². The van der Waals surface area contributed by atoms with Gasteiger partial charge in [0.1, 0.15) is 5.82 Å². The van der Waals surface area contributed by atoms with Gasteiger partial charge >= 0.3 is 0 Å². The molecule has 0 heterocycles. The lowest BCUT2D eigenvalue weighted by Gasteiger charge is -2.19. The van der Waals surface area contributed by atoms with E-state index >= 15 is 0 Å². The van der Waals surface area contributed by atoms with Crippen LogP contribution in [0.1, 0.15) is 30.9 Å². The molecular formula is C21H28FIN4O2S. The predicted molar refractivity (Wildman–Crippen MR) is 128 cm³/mol. The number of guanidine groups is 1. The smallest absolute Gasteiger partial charge is 0.240 e. The van der Waals surface area contributed by atoms with E-state index in [2.05, 4.69) is 20.3 Å². The van der Waals surface area contributed by atoms with Gasteiger partial charge in [0.15, 0.2) is 5.96 Å². The molecule has 0 amide bonds. The Morgan fingerprint density at radius 1 is 1.13 bits per heavy atom. The maximum Gasteiger partial charge on any atom is 0.240 e. The molecule has 0 aromatic heterocycles. The summed E-state index contributed by atoms with van der Waals surface area (Å²) < 4.78 is 40.5. The molecule has 1 aliphatic rings. The highest BCUT2D eigenvalue weighted by atomic mass is 127. The zero-order valence-corrected chi connectivity index (χ0v) is 20.3. The van der Waals surface area contributed by atoms with Crippen LogP contribution in [-0.4, -0.2) is 34.5 Å². The van der Waals surface area contributed by atoms with Gasteiger partial charge in [-0.05, 0) is 56.1 Å². The molecule has 0 radical (unpaired) electrons. The molecule has 9 heteroatoms. The van der Waals surface area contributed by atoms with E-state index in [4.69, 9.17) is 0 Å². The molecule has 1 fully saturated rings. The lowest BCUT2D eigenvalue weighted by atomic mass is 9.95. The van der Waals surface area contributed by atoms with E-state index in [1.807, 2.05) is 25.1 Å². The van der Waals surface area contributed by atoms with Gasteiger partial charge < -0.3 is 10.6 Å². The Morgan fingerprint density at radius 3 is 2.50 bits per heavy atom. The van der Waals surface area contributed by atoms with Crippen LogP contribution in [0.4, 0.5) is 4.39 Å². The number of aliphatic imine (C=N–C) groups is 1. The molecule has 2 aromatic carbocycles. The average Bonchev–Trinajstić information content (AvgIpc) is 3.51. The minimum absolute atomic E-state index is 0. The Balaban J connectivity index is 0.00000320. The van der Waals surface area contributed by atoms with Crippen LogP contribution in [0.25, 0.3) is 0 Å². The molecule has 1 saturated carbocycles. The van der Waals surface area contributed by atoms with Crippen molar-refractivity contribution >= 4 is 40.0 Å². The Morgan fingerprint density at radius 2 is 1.87 bits per heavy atom. The Kier molecular flexibility index (Phi) is 8.62. The monoisotopic (exact) mass is 546 g/mol. The summed E-state index contributed by atoms with van der Waals surface area (Å²) in [6.45, 7) is 3.58. The van der Waals surface area contributed by atoms with Crippen molar-refractivity contribution in [2.75, 3.05) is 20.1 Å².